The van der Waals surface area contributed by atoms with E-state index < -0.39 is 11.9 Å². The number of aromatic nitrogens is 3. The van der Waals surface area contributed by atoms with Crippen LogP contribution in [0.15, 0.2) is 54.7 Å². The summed E-state index contributed by atoms with van der Waals surface area (Å²) in [5.74, 6) is -0.348. The van der Waals surface area contributed by atoms with Gasteiger partial charge in [-0.3, -0.25) is 19.1 Å². The van der Waals surface area contributed by atoms with E-state index in [0.29, 0.717) is 74.1 Å². The lowest BCUT2D eigenvalue weighted by Gasteiger charge is -2.21. The molecule has 2 N–H and O–H groups in total. The number of nitrogens with zero attached hydrogens (tertiary/aromatic N) is 4. The molecule has 2 aromatic carbocycles. The van der Waals surface area contributed by atoms with Gasteiger partial charge < -0.3 is 20.3 Å². The summed E-state index contributed by atoms with van der Waals surface area (Å²) in [6.07, 6.45) is 3.34. The molecule has 0 aliphatic carbocycles. The van der Waals surface area contributed by atoms with E-state index in [0.717, 1.165) is 5.56 Å². The maximum absolute atomic E-state index is 13.1. The highest BCUT2D eigenvalue weighted by molar-refractivity contribution is 6.32. The van der Waals surface area contributed by atoms with Gasteiger partial charge >= 0.3 is 0 Å². The van der Waals surface area contributed by atoms with Gasteiger partial charge in [0.15, 0.2) is 0 Å². The van der Waals surface area contributed by atoms with E-state index in [-0.39, 0.29) is 11.8 Å². The van der Waals surface area contributed by atoms with E-state index in [9.17, 15) is 14.4 Å². The smallest absolute Gasteiger partial charge is 0.251 e. The van der Waals surface area contributed by atoms with Gasteiger partial charge in [0.1, 0.15) is 17.5 Å². The predicted octanol–water partition coefficient (Wildman–Crippen LogP) is 2.61. The molecule has 0 saturated carbocycles. The number of hydrogen-bond donors (Lipinski definition) is 2. The molecule has 1 atom stereocenters. The first-order chi connectivity index (χ1) is 18.4. The Hall–Kier alpha value is -3.92. The molecule has 2 aliphatic heterocycles. The van der Waals surface area contributed by atoms with Crippen molar-refractivity contribution < 1.29 is 19.1 Å². The van der Waals surface area contributed by atoms with Crippen LogP contribution in [0.25, 0.3) is 0 Å². The molecule has 0 unspecified atom stereocenters. The average molecular weight is 539 g/mol. The molecule has 1 aromatic heterocycles. The summed E-state index contributed by atoms with van der Waals surface area (Å²) in [5.41, 5.74) is 1.92. The number of carbonyl (C=O) groups is 3. The van der Waals surface area contributed by atoms with Gasteiger partial charge in [0.25, 0.3) is 5.91 Å². The van der Waals surface area contributed by atoms with Gasteiger partial charge in [0.05, 0.1) is 24.4 Å². The summed E-state index contributed by atoms with van der Waals surface area (Å²) in [7, 11) is 0. The fourth-order valence-electron chi connectivity index (χ4n) is 4.14. The lowest BCUT2D eigenvalue weighted by Crippen LogP contribution is -2.48. The molecule has 3 amide bonds. The SMILES string of the molecule is CC(=O)N1CCCNC(=O)[C@H](Cc2ccccc2)NC(=O)c2ccc(c(Cl)c2)OCCCn2cc(nn2)C1. The number of aryl methyl sites for hydroxylation is 1. The highest BCUT2D eigenvalue weighted by atomic mass is 35.5. The topological polar surface area (TPSA) is 118 Å². The van der Waals surface area contributed by atoms with Gasteiger partial charge in [0.2, 0.25) is 11.8 Å². The van der Waals surface area contributed by atoms with Gasteiger partial charge in [0, 0.05) is 45.0 Å². The maximum Gasteiger partial charge on any atom is 0.251 e. The molecule has 2 aliphatic rings. The summed E-state index contributed by atoms with van der Waals surface area (Å²) < 4.78 is 7.51. The van der Waals surface area contributed by atoms with Crippen LogP contribution in [0.3, 0.4) is 0 Å². The molecule has 0 radical (unpaired) electrons. The molecule has 11 heteroatoms. The van der Waals surface area contributed by atoms with E-state index in [1.54, 1.807) is 21.7 Å². The second-order valence-corrected chi connectivity index (χ2v) is 9.53. The standard InChI is InChI=1S/C27H31ClN6O4/c1-19(35)33-12-5-11-29-27(37)24(15-20-7-3-2-4-8-20)30-26(36)21-9-10-25(23(28)16-21)38-14-6-13-34-18-22(17-33)31-32-34/h2-4,7-10,16,18,24H,5-6,11-15,17H2,1H3,(H,29,37)(H,30,36)/t24-/m0/s1. The van der Waals surface area contributed by atoms with Crippen LogP contribution >= 0.6 is 11.6 Å². The fourth-order valence-corrected chi connectivity index (χ4v) is 4.37. The molecule has 200 valence electrons. The maximum atomic E-state index is 13.1. The number of amides is 3. The molecule has 0 spiro atoms. The van der Waals surface area contributed by atoms with Crippen molar-refractivity contribution in [1.82, 2.24) is 30.5 Å². The Morgan fingerprint density at radius 1 is 1.13 bits per heavy atom. The van der Waals surface area contributed by atoms with Crippen molar-refractivity contribution in [3.8, 4) is 5.75 Å². The number of halogens is 1. The Balaban J connectivity index is 1.53. The Morgan fingerprint density at radius 2 is 1.95 bits per heavy atom. The van der Waals surface area contributed by atoms with Crippen LogP contribution in [0.4, 0.5) is 0 Å². The zero-order valence-electron chi connectivity index (χ0n) is 21.2. The summed E-state index contributed by atoms with van der Waals surface area (Å²) in [4.78, 5) is 40.0. The Kier molecular flexibility index (Phi) is 9.31. The zero-order chi connectivity index (χ0) is 26.9. The van der Waals surface area contributed by atoms with Gasteiger partial charge in [-0.15, -0.1) is 5.10 Å². The molecule has 5 rings (SSSR count). The van der Waals surface area contributed by atoms with Gasteiger partial charge in [-0.25, -0.2) is 0 Å². The lowest BCUT2D eigenvalue weighted by molar-refractivity contribution is -0.129. The average Bonchev–Trinajstić information content (AvgIpc) is 3.35. The number of hydrogen-bond acceptors (Lipinski definition) is 6. The van der Waals surface area contributed by atoms with Crippen molar-refractivity contribution >= 4 is 29.3 Å². The van der Waals surface area contributed by atoms with Crippen molar-refractivity contribution in [2.24, 2.45) is 0 Å². The number of carbonyl (C=O) groups excluding carboxylic acids is 3. The van der Waals surface area contributed by atoms with Crippen LogP contribution in [-0.4, -0.2) is 63.4 Å². The van der Waals surface area contributed by atoms with Crippen LogP contribution < -0.4 is 15.4 Å². The first-order valence-corrected chi connectivity index (χ1v) is 13.0. The minimum atomic E-state index is -0.798. The molecule has 4 bridgehead atoms. The molecular weight excluding hydrogens is 508 g/mol. The first-order valence-electron chi connectivity index (χ1n) is 12.6. The number of rotatable bonds is 2. The van der Waals surface area contributed by atoms with Crippen LogP contribution in [0, 0.1) is 0 Å². The van der Waals surface area contributed by atoms with E-state index >= 15 is 0 Å². The third-order valence-corrected chi connectivity index (χ3v) is 6.47. The molecular formula is C27H31ClN6O4. The predicted molar refractivity (Wildman–Crippen MR) is 142 cm³/mol. The normalized spacial score (nSPS) is 17.6. The molecule has 0 fully saturated rings. The van der Waals surface area contributed by atoms with Crippen LogP contribution in [0.2, 0.25) is 5.02 Å². The number of fused-ring (bicyclic) bond motifs is 14. The third kappa shape index (κ3) is 7.55. The van der Waals surface area contributed by atoms with Crippen molar-refractivity contribution in [2.45, 2.75) is 45.3 Å². The largest absolute Gasteiger partial charge is 0.492 e. The molecule has 38 heavy (non-hydrogen) atoms. The van der Waals surface area contributed by atoms with Gasteiger partial charge in [-0.2, -0.15) is 0 Å². The first kappa shape index (κ1) is 27.1. The summed E-state index contributed by atoms with van der Waals surface area (Å²) in [5, 5.41) is 14.4. The Bertz CT molecular complexity index is 1270. The third-order valence-electron chi connectivity index (χ3n) is 6.18. The van der Waals surface area contributed by atoms with E-state index in [4.69, 9.17) is 16.3 Å². The lowest BCUT2D eigenvalue weighted by atomic mass is 10.0. The monoisotopic (exact) mass is 538 g/mol. The molecule has 10 nitrogen and oxygen atoms in total. The van der Waals surface area contributed by atoms with Crippen LogP contribution in [0.5, 0.6) is 5.75 Å². The van der Waals surface area contributed by atoms with Gasteiger partial charge in [-0.1, -0.05) is 47.1 Å². The molecule has 0 saturated heterocycles. The van der Waals surface area contributed by atoms with E-state index in [2.05, 4.69) is 20.9 Å². The van der Waals surface area contributed by atoms with Crippen molar-refractivity contribution in [1.29, 1.82) is 0 Å². The summed E-state index contributed by atoms with van der Waals surface area (Å²) in [6, 6.07) is 13.5. The second-order valence-electron chi connectivity index (χ2n) is 9.12. The minimum Gasteiger partial charge on any atom is -0.492 e. The Labute approximate surface area is 226 Å². The molecule has 3 heterocycles. The number of benzene rings is 2. The van der Waals surface area contributed by atoms with E-state index in [1.165, 1.54) is 13.0 Å². The molecule has 3 aromatic rings. The Morgan fingerprint density at radius 3 is 2.71 bits per heavy atom. The quantitative estimate of drug-likeness (QED) is 0.518. The van der Waals surface area contributed by atoms with Crippen molar-refractivity contribution in [3.05, 3.63) is 76.6 Å². The zero-order valence-corrected chi connectivity index (χ0v) is 22.0. The van der Waals surface area contributed by atoms with E-state index in [1.807, 2.05) is 36.5 Å². The van der Waals surface area contributed by atoms with Crippen molar-refractivity contribution in [2.75, 3.05) is 19.7 Å². The number of ether oxygens (including phenoxy) is 1. The summed E-state index contributed by atoms with van der Waals surface area (Å²) in [6.45, 7) is 3.59. The van der Waals surface area contributed by atoms with Crippen LogP contribution in [0.1, 0.15) is 41.4 Å². The highest BCUT2D eigenvalue weighted by Gasteiger charge is 2.23. The summed E-state index contributed by atoms with van der Waals surface area (Å²) >= 11 is 6.39. The van der Waals surface area contributed by atoms with Crippen molar-refractivity contribution in [3.63, 3.8) is 0 Å². The second kappa shape index (κ2) is 13.0. The highest BCUT2D eigenvalue weighted by Crippen LogP contribution is 2.26. The fraction of sp³-hybridized carbons (Fsp3) is 0.370. The van der Waals surface area contributed by atoms with Crippen LogP contribution in [-0.2, 0) is 29.1 Å². The number of nitrogens with one attached hydrogen (secondary N) is 2. The minimum absolute atomic E-state index is 0.0895. The van der Waals surface area contributed by atoms with Gasteiger partial charge in [-0.05, 0) is 30.2 Å².